The summed E-state index contributed by atoms with van der Waals surface area (Å²) in [6.45, 7) is 2.73. The van der Waals surface area contributed by atoms with Crippen molar-refractivity contribution < 1.29 is 4.74 Å². The Kier molecular flexibility index (Phi) is 3.51. The fraction of sp³-hybridized carbons (Fsp3) is 0.500. The van der Waals surface area contributed by atoms with Gasteiger partial charge in [-0.3, -0.25) is 0 Å². The van der Waals surface area contributed by atoms with E-state index in [2.05, 4.69) is 15.3 Å². The zero-order valence-electron chi connectivity index (χ0n) is 9.73. The van der Waals surface area contributed by atoms with Gasteiger partial charge in [-0.05, 0) is 38.5 Å². The largest absolute Gasteiger partial charge is 0.501 e. The third kappa shape index (κ3) is 2.39. The van der Waals surface area contributed by atoms with Crippen molar-refractivity contribution in [3.05, 3.63) is 35.6 Å². The number of aryl methyl sites for hydroxylation is 1. The average molecular weight is 219 g/mol. The van der Waals surface area contributed by atoms with Crippen LogP contribution in [0.2, 0.25) is 0 Å². The molecule has 0 radical (unpaired) electrons. The standard InChI is InChI=1S/C12H17N3O/c1-9-14-6-5-11(15-9)12(13-2)10-4-3-7-16-8-10/h5-6,8,12-13H,3-4,7H2,1-2H3. The van der Waals surface area contributed by atoms with E-state index in [1.807, 2.05) is 26.3 Å². The van der Waals surface area contributed by atoms with Crippen LogP contribution in [-0.2, 0) is 4.74 Å². The summed E-state index contributed by atoms with van der Waals surface area (Å²) < 4.78 is 5.37. The molecule has 0 aromatic carbocycles. The minimum Gasteiger partial charge on any atom is -0.501 e. The molecule has 0 bridgehead atoms. The molecule has 1 atom stereocenters. The second-order valence-electron chi connectivity index (χ2n) is 3.92. The molecule has 0 amide bonds. The van der Waals surface area contributed by atoms with Crippen molar-refractivity contribution in [1.29, 1.82) is 0 Å². The van der Waals surface area contributed by atoms with Crippen LogP contribution in [0.5, 0.6) is 0 Å². The Morgan fingerprint density at radius 2 is 2.38 bits per heavy atom. The van der Waals surface area contributed by atoms with E-state index < -0.39 is 0 Å². The molecule has 1 aliphatic heterocycles. The average Bonchev–Trinajstić information content (AvgIpc) is 2.31. The fourth-order valence-corrected chi connectivity index (χ4v) is 1.96. The molecule has 0 saturated carbocycles. The lowest BCUT2D eigenvalue weighted by molar-refractivity contribution is 0.219. The lowest BCUT2D eigenvalue weighted by Crippen LogP contribution is -2.22. The van der Waals surface area contributed by atoms with Crippen molar-refractivity contribution in [2.45, 2.75) is 25.8 Å². The third-order valence-corrected chi connectivity index (χ3v) is 2.72. The molecule has 0 saturated heterocycles. The Morgan fingerprint density at radius 1 is 1.50 bits per heavy atom. The summed E-state index contributed by atoms with van der Waals surface area (Å²) in [6.07, 6.45) is 5.80. The first-order valence-corrected chi connectivity index (χ1v) is 5.58. The summed E-state index contributed by atoms with van der Waals surface area (Å²) in [6, 6.07) is 2.09. The van der Waals surface area contributed by atoms with Gasteiger partial charge < -0.3 is 10.1 Å². The molecule has 86 valence electrons. The minimum atomic E-state index is 0.141. The molecule has 2 rings (SSSR count). The summed E-state index contributed by atoms with van der Waals surface area (Å²) >= 11 is 0. The van der Waals surface area contributed by atoms with Crippen LogP contribution in [-0.4, -0.2) is 23.6 Å². The van der Waals surface area contributed by atoms with Crippen LogP contribution in [0.3, 0.4) is 0 Å². The smallest absolute Gasteiger partial charge is 0.125 e. The molecule has 0 fully saturated rings. The number of aromatic nitrogens is 2. The van der Waals surface area contributed by atoms with Gasteiger partial charge in [-0.25, -0.2) is 9.97 Å². The Hall–Kier alpha value is -1.42. The van der Waals surface area contributed by atoms with E-state index in [-0.39, 0.29) is 6.04 Å². The number of rotatable bonds is 3. The van der Waals surface area contributed by atoms with Crippen LogP contribution in [0.4, 0.5) is 0 Å². The monoisotopic (exact) mass is 219 g/mol. The Morgan fingerprint density at radius 3 is 3.00 bits per heavy atom. The maximum Gasteiger partial charge on any atom is 0.125 e. The van der Waals surface area contributed by atoms with Crippen LogP contribution in [0, 0.1) is 6.92 Å². The quantitative estimate of drug-likeness (QED) is 0.841. The van der Waals surface area contributed by atoms with E-state index in [1.54, 1.807) is 6.20 Å². The highest BCUT2D eigenvalue weighted by molar-refractivity contribution is 5.21. The predicted octanol–water partition coefficient (Wildman–Crippen LogP) is 1.74. The van der Waals surface area contributed by atoms with Crippen LogP contribution in [0.1, 0.15) is 30.4 Å². The van der Waals surface area contributed by atoms with Crippen LogP contribution in [0.15, 0.2) is 24.1 Å². The number of likely N-dealkylation sites (N-methyl/N-ethyl adjacent to an activating group) is 1. The van der Waals surface area contributed by atoms with E-state index in [4.69, 9.17) is 4.74 Å². The Bertz CT molecular complexity index is 390. The molecular formula is C12H17N3O. The second-order valence-corrected chi connectivity index (χ2v) is 3.92. The van der Waals surface area contributed by atoms with Gasteiger partial charge in [0.15, 0.2) is 0 Å². The molecule has 1 unspecified atom stereocenters. The van der Waals surface area contributed by atoms with Crippen LogP contribution < -0.4 is 5.32 Å². The maximum atomic E-state index is 5.37. The van der Waals surface area contributed by atoms with Gasteiger partial charge in [0.05, 0.1) is 24.6 Å². The van der Waals surface area contributed by atoms with Crippen molar-refractivity contribution >= 4 is 0 Å². The fourth-order valence-electron chi connectivity index (χ4n) is 1.96. The first-order valence-electron chi connectivity index (χ1n) is 5.58. The number of nitrogens with zero attached hydrogens (tertiary/aromatic N) is 2. The van der Waals surface area contributed by atoms with Crippen molar-refractivity contribution in [1.82, 2.24) is 15.3 Å². The van der Waals surface area contributed by atoms with Gasteiger partial charge in [0.2, 0.25) is 0 Å². The van der Waals surface area contributed by atoms with Crippen LogP contribution >= 0.6 is 0 Å². The molecule has 4 heteroatoms. The molecule has 4 nitrogen and oxygen atoms in total. The highest BCUT2D eigenvalue weighted by Gasteiger charge is 2.18. The first-order chi connectivity index (χ1) is 7.81. The van der Waals surface area contributed by atoms with E-state index in [0.29, 0.717) is 0 Å². The molecule has 16 heavy (non-hydrogen) atoms. The molecule has 0 aliphatic carbocycles. The van der Waals surface area contributed by atoms with Gasteiger partial charge in [0, 0.05) is 6.20 Å². The summed E-state index contributed by atoms with van der Waals surface area (Å²) in [5, 5.41) is 3.28. The Balaban J connectivity index is 2.25. The van der Waals surface area contributed by atoms with Gasteiger partial charge >= 0.3 is 0 Å². The number of nitrogens with one attached hydrogen (secondary N) is 1. The normalized spacial score (nSPS) is 17.5. The lowest BCUT2D eigenvalue weighted by Gasteiger charge is -2.22. The number of hydrogen-bond donors (Lipinski definition) is 1. The van der Waals surface area contributed by atoms with Crippen molar-refractivity contribution in [3.63, 3.8) is 0 Å². The summed E-state index contributed by atoms with van der Waals surface area (Å²) in [4.78, 5) is 8.56. The number of hydrogen-bond acceptors (Lipinski definition) is 4. The van der Waals surface area contributed by atoms with Crippen molar-refractivity contribution in [3.8, 4) is 0 Å². The van der Waals surface area contributed by atoms with E-state index >= 15 is 0 Å². The van der Waals surface area contributed by atoms with Crippen molar-refractivity contribution in [2.75, 3.05) is 13.7 Å². The predicted molar refractivity (Wildman–Crippen MR) is 61.8 cm³/mol. The van der Waals surface area contributed by atoms with Gasteiger partial charge in [-0.2, -0.15) is 0 Å². The topological polar surface area (TPSA) is 47.0 Å². The SMILES string of the molecule is CNC(C1=COCCC1)c1ccnc(C)n1. The second kappa shape index (κ2) is 5.07. The zero-order valence-corrected chi connectivity index (χ0v) is 9.73. The summed E-state index contributed by atoms with van der Waals surface area (Å²) in [5.74, 6) is 0.801. The van der Waals surface area contributed by atoms with E-state index in [1.165, 1.54) is 5.57 Å². The van der Waals surface area contributed by atoms with E-state index in [0.717, 1.165) is 31.0 Å². The van der Waals surface area contributed by atoms with Gasteiger partial charge in [-0.15, -0.1) is 0 Å². The lowest BCUT2D eigenvalue weighted by atomic mass is 9.99. The van der Waals surface area contributed by atoms with Gasteiger partial charge in [0.1, 0.15) is 5.82 Å². The van der Waals surface area contributed by atoms with Crippen molar-refractivity contribution in [2.24, 2.45) is 0 Å². The van der Waals surface area contributed by atoms with Gasteiger partial charge in [-0.1, -0.05) is 0 Å². The van der Waals surface area contributed by atoms with Crippen LogP contribution in [0.25, 0.3) is 0 Å². The zero-order chi connectivity index (χ0) is 11.4. The summed E-state index contributed by atoms with van der Waals surface area (Å²) in [5.41, 5.74) is 2.26. The first kappa shape index (κ1) is 11.1. The highest BCUT2D eigenvalue weighted by Crippen LogP contribution is 2.25. The molecule has 1 aliphatic rings. The highest BCUT2D eigenvalue weighted by atomic mass is 16.5. The molecule has 2 heterocycles. The molecule has 0 spiro atoms. The molecule has 1 aromatic heterocycles. The Labute approximate surface area is 95.8 Å². The summed E-state index contributed by atoms with van der Waals surface area (Å²) in [7, 11) is 1.94. The molecule has 1 aromatic rings. The van der Waals surface area contributed by atoms with Gasteiger partial charge in [0.25, 0.3) is 0 Å². The number of ether oxygens (including phenoxy) is 1. The molecular weight excluding hydrogens is 202 g/mol. The minimum absolute atomic E-state index is 0.141. The third-order valence-electron chi connectivity index (χ3n) is 2.72. The maximum absolute atomic E-state index is 5.37. The molecule has 1 N–H and O–H groups in total. The van der Waals surface area contributed by atoms with E-state index in [9.17, 15) is 0 Å².